The largest absolute Gasteiger partial charge is 0.484 e. The van der Waals surface area contributed by atoms with E-state index >= 15 is 0 Å². The van der Waals surface area contributed by atoms with Gasteiger partial charge in [-0.15, -0.1) is 0 Å². The molecule has 0 N–H and O–H groups in total. The molecular weight excluding hydrogens is 536 g/mol. The second kappa shape index (κ2) is 13.9. The number of fused-ring (bicyclic) bond motifs is 2. The molecule has 1 aliphatic rings. The Hall–Kier alpha value is -4.10. The van der Waals surface area contributed by atoms with Gasteiger partial charge in [-0.05, 0) is 67.3 Å². The summed E-state index contributed by atoms with van der Waals surface area (Å²) in [6.07, 6.45) is 1.20. The average molecular weight is 581 g/mol. The van der Waals surface area contributed by atoms with Gasteiger partial charge < -0.3 is 24.0 Å². The van der Waals surface area contributed by atoms with E-state index in [2.05, 4.69) is 36.3 Å². The van der Waals surface area contributed by atoms with Gasteiger partial charge in [0.2, 0.25) is 5.91 Å². The number of anilines is 1. The van der Waals surface area contributed by atoms with E-state index in [1.54, 1.807) is 0 Å². The van der Waals surface area contributed by atoms with Crippen LogP contribution in [-0.2, 0) is 29.6 Å². The van der Waals surface area contributed by atoms with Gasteiger partial charge in [-0.3, -0.25) is 9.59 Å². The first-order valence-corrected chi connectivity index (χ1v) is 15.4. The average Bonchev–Trinajstić information content (AvgIpc) is 3.26. The third kappa shape index (κ3) is 7.65. The molecule has 7 heteroatoms. The molecule has 0 bridgehead atoms. The topological polar surface area (TPSA) is 58.0 Å². The molecule has 0 saturated heterocycles. The summed E-state index contributed by atoms with van der Waals surface area (Å²) < 4.78 is 8.20. The Kier molecular flexibility index (Phi) is 9.82. The minimum atomic E-state index is -0.0648. The standard InChI is InChI=1S/C36H44N4O3/c1-27(2)24-38-17-10-18-40(35(41)22-29-11-6-5-7-12-29)34-14-9-8-13-30(34)25-39(20-19-38)36(42)26-43-32-15-16-33-31(23-32)21-28(3)37(33)4/h5-9,11-16,21,23,27H,10,17-20,22,24-26H2,1-4H3. The van der Waals surface area contributed by atoms with E-state index in [-0.39, 0.29) is 18.4 Å². The molecule has 2 heterocycles. The van der Waals surface area contributed by atoms with Crippen LogP contribution in [0.2, 0.25) is 0 Å². The Morgan fingerprint density at radius 3 is 2.42 bits per heavy atom. The van der Waals surface area contributed by atoms with Crippen molar-refractivity contribution in [3.8, 4) is 5.75 Å². The van der Waals surface area contributed by atoms with E-state index in [0.717, 1.165) is 53.8 Å². The van der Waals surface area contributed by atoms with Crippen LogP contribution in [0.3, 0.4) is 0 Å². The highest BCUT2D eigenvalue weighted by molar-refractivity contribution is 5.95. The van der Waals surface area contributed by atoms with Gasteiger partial charge in [0.05, 0.1) is 6.42 Å². The number of carbonyl (C=O) groups excluding carboxylic acids is 2. The maximum absolute atomic E-state index is 13.7. The van der Waals surface area contributed by atoms with E-state index in [1.807, 2.05) is 89.6 Å². The molecule has 0 unspecified atom stereocenters. The van der Waals surface area contributed by atoms with E-state index in [1.165, 1.54) is 5.69 Å². The highest BCUT2D eigenvalue weighted by atomic mass is 16.5. The molecule has 7 nitrogen and oxygen atoms in total. The van der Waals surface area contributed by atoms with E-state index in [9.17, 15) is 9.59 Å². The highest BCUT2D eigenvalue weighted by Crippen LogP contribution is 2.26. The van der Waals surface area contributed by atoms with Gasteiger partial charge in [0.25, 0.3) is 5.91 Å². The molecule has 0 aliphatic carbocycles. The first kappa shape index (κ1) is 30.4. The number of hydrogen-bond donors (Lipinski definition) is 0. The molecule has 0 atom stereocenters. The molecule has 0 saturated carbocycles. The minimum Gasteiger partial charge on any atom is -0.484 e. The van der Waals surface area contributed by atoms with Crippen molar-refractivity contribution in [1.82, 2.24) is 14.4 Å². The molecule has 0 radical (unpaired) electrons. The molecule has 2 amide bonds. The maximum atomic E-state index is 13.7. The van der Waals surface area contributed by atoms with Crippen LogP contribution in [0.15, 0.2) is 78.9 Å². The van der Waals surface area contributed by atoms with Crippen molar-refractivity contribution in [3.05, 3.63) is 95.7 Å². The Morgan fingerprint density at radius 2 is 1.63 bits per heavy atom. The van der Waals surface area contributed by atoms with Crippen LogP contribution in [0.25, 0.3) is 10.9 Å². The molecule has 0 spiro atoms. The summed E-state index contributed by atoms with van der Waals surface area (Å²) in [5.41, 5.74) is 5.16. The molecule has 4 aromatic rings. The summed E-state index contributed by atoms with van der Waals surface area (Å²) in [5, 5.41) is 1.10. The van der Waals surface area contributed by atoms with Crippen molar-refractivity contribution in [3.63, 3.8) is 0 Å². The van der Waals surface area contributed by atoms with Crippen LogP contribution < -0.4 is 9.64 Å². The number of aromatic nitrogens is 1. The molecule has 43 heavy (non-hydrogen) atoms. The number of rotatable bonds is 7. The van der Waals surface area contributed by atoms with Crippen LogP contribution in [0, 0.1) is 12.8 Å². The maximum Gasteiger partial charge on any atom is 0.260 e. The number of ether oxygens (including phenoxy) is 1. The lowest BCUT2D eigenvalue weighted by Gasteiger charge is -2.29. The quantitative estimate of drug-likeness (QED) is 0.276. The van der Waals surface area contributed by atoms with Gasteiger partial charge in [0.15, 0.2) is 6.61 Å². The van der Waals surface area contributed by atoms with Crippen LogP contribution >= 0.6 is 0 Å². The van der Waals surface area contributed by atoms with Gasteiger partial charge in [-0.2, -0.15) is 0 Å². The molecular formula is C36H44N4O3. The third-order valence-electron chi connectivity index (χ3n) is 8.28. The molecule has 5 rings (SSSR count). The van der Waals surface area contributed by atoms with Gasteiger partial charge in [-0.1, -0.05) is 62.4 Å². The normalized spacial score (nSPS) is 14.9. The lowest BCUT2D eigenvalue weighted by molar-refractivity contribution is -0.134. The summed E-state index contributed by atoms with van der Waals surface area (Å²) in [4.78, 5) is 33.7. The van der Waals surface area contributed by atoms with Crippen molar-refractivity contribution in [2.75, 3.05) is 44.2 Å². The summed E-state index contributed by atoms with van der Waals surface area (Å²) in [7, 11) is 2.05. The summed E-state index contributed by atoms with van der Waals surface area (Å²) in [6.45, 7) is 10.7. The smallest absolute Gasteiger partial charge is 0.260 e. The Morgan fingerprint density at radius 1 is 0.860 bits per heavy atom. The highest BCUT2D eigenvalue weighted by Gasteiger charge is 2.24. The molecule has 1 aliphatic heterocycles. The van der Waals surface area contributed by atoms with Crippen molar-refractivity contribution in [1.29, 1.82) is 0 Å². The second-order valence-electron chi connectivity index (χ2n) is 12.1. The number of amides is 2. The fourth-order valence-corrected chi connectivity index (χ4v) is 5.97. The van der Waals surface area contributed by atoms with Crippen molar-refractivity contribution >= 4 is 28.4 Å². The first-order chi connectivity index (χ1) is 20.8. The number of para-hydroxylation sites is 1. The molecule has 1 aromatic heterocycles. The SMILES string of the molecule is Cc1cc2cc(OCC(=O)N3CCN(CC(C)C)CCCN(C(=O)Cc4ccccc4)c4ccccc4C3)ccc2n1C. The van der Waals surface area contributed by atoms with Crippen LogP contribution in [-0.4, -0.2) is 65.5 Å². The summed E-state index contributed by atoms with van der Waals surface area (Å²) in [6, 6.07) is 26.0. The summed E-state index contributed by atoms with van der Waals surface area (Å²) >= 11 is 0. The van der Waals surface area contributed by atoms with Crippen LogP contribution in [0.4, 0.5) is 5.69 Å². The number of nitrogens with zero attached hydrogens (tertiary/aromatic N) is 4. The lowest BCUT2D eigenvalue weighted by Crippen LogP contribution is -2.41. The van der Waals surface area contributed by atoms with E-state index in [0.29, 0.717) is 37.7 Å². The monoisotopic (exact) mass is 580 g/mol. The number of benzene rings is 3. The van der Waals surface area contributed by atoms with Gasteiger partial charge in [0.1, 0.15) is 5.75 Å². The number of hydrogen-bond acceptors (Lipinski definition) is 4. The van der Waals surface area contributed by atoms with E-state index < -0.39 is 0 Å². The third-order valence-corrected chi connectivity index (χ3v) is 8.28. The molecule has 226 valence electrons. The van der Waals surface area contributed by atoms with E-state index in [4.69, 9.17) is 4.74 Å². The fourth-order valence-electron chi connectivity index (χ4n) is 5.97. The fraction of sp³-hybridized carbons (Fsp3) is 0.389. The number of aryl methyl sites for hydroxylation is 2. The molecule has 3 aromatic carbocycles. The van der Waals surface area contributed by atoms with Crippen molar-refractivity contribution < 1.29 is 14.3 Å². The Bertz CT molecular complexity index is 1540. The second-order valence-corrected chi connectivity index (χ2v) is 12.1. The predicted octanol–water partition coefficient (Wildman–Crippen LogP) is 5.83. The summed E-state index contributed by atoms with van der Waals surface area (Å²) in [5.74, 6) is 1.19. The Labute approximate surface area is 255 Å². The number of carbonyl (C=O) groups is 2. The van der Waals surface area contributed by atoms with Crippen LogP contribution in [0.5, 0.6) is 5.75 Å². The zero-order valence-electron chi connectivity index (χ0n) is 26.0. The minimum absolute atomic E-state index is 0.0413. The van der Waals surface area contributed by atoms with Crippen LogP contribution in [0.1, 0.15) is 37.1 Å². The van der Waals surface area contributed by atoms with Crippen molar-refractivity contribution in [2.24, 2.45) is 13.0 Å². The first-order valence-electron chi connectivity index (χ1n) is 15.4. The molecule has 0 fully saturated rings. The van der Waals surface area contributed by atoms with Gasteiger partial charge in [-0.25, -0.2) is 0 Å². The Balaban J connectivity index is 1.38. The van der Waals surface area contributed by atoms with Gasteiger partial charge in [0, 0.05) is 62.1 Å². The van der Waals surface area contributed by atoms with Gasteiger partial charge >= 0.3 is 0 Å². The predicted molar refractivity (Wildman–Crippen MR) is 173 cm³/mol. The zero-order valence-corrected chi connectivity index (χ0v) is 26.0. The lowest BCUT2D eigenvalue weighted by atomic mass is 10.1. The zero-order chi connectivity index (χ0) is 30.3. The van der Waals surface area contributed by atoms with Crippen molar-refractivity contribution in [2.45, 2.75) is 40.2 Å².